The SMILES string of the molecule is CC1=CC(OCCC/C(=C\c2cc(N(C)C(=O)CN3CCN(C)CC3)cc3c(C=O)cn(C)c23)c2ccc(Cl)c(-c3c(C)nn(C)c3C)c2NCCNC=O)CC(C)=C1Cl. The van der Waals surface area contributed by atoms with Crippen LogP contribution in [0.1, 0.15) is 66.0 Å². The zero-order valence-corrected chi connectivity index (χ0v) is 37.6. The van der Waals surface area contributed by atoms with Crippen molar-refractivity contribution in [3.05, 3.63) is 85.8 Å². The molecular formula is C46H58Cl2N8O4. The van der Waals surface area contributed by atoms with Gasteiger partial charge in [-0.2, -0.15) is 5.10 Å². The van der Waals surface area contributed by atoms with E-state index in [9.17, 15) is 14.4 Å². The smallest absolute Gasteiger partial charge is 0.240 e. The Labute approximate surface area is 363 Å². The van der Waals surface area contributed by atoms with Gasteiger partial charge < -0.3 is 29.7 Å². The van der Waals surface area contributed by atoms with E-state index in [1.165, 1.54) is 0 Å². The molecular weight excluding hydrogens is 799 g/mol. The molecule has 2 aromatic heterocycles. The molecule has 4 aromatic rings. The number of halogens is 2. The summed E-state index contributed by atoms with van der Waals surface area (Å²) in [6.45, 7) is 13.2. The van der Waals surface area contributed by atoms with E-state index in [4.69, 9.17) is 33.0 Å². The van der Waals surface area contributed by atoms with Crippen LogP contribution in [0, 0.1) is 13.8 Å². The second-order valence-electron chi connectivity index (χ2n) is 16.1. The van der Waals surface area contributed by atoms with E-state index >= 15 is 0 Å². The van der Waals surface area contributed by atoms with E-state index in [2.05, 4.69) is 39.6 Å². The first-order valence-electron chi connectivity index (χ1n) is 20.6. The number of carbonyl (C=O) groups is 3. The van der Waals surface area contributed by atoms with Gasteiger partial charge in [-0.1, -0.05) is 40.9 Å². The van der Waals surface area contributed by atoms with E-state index in [0.717, 1.165) is 111 Å². The van der Waals surface area contributed by atoms with Crippen molar-refractivity contribution in [1.82, 2.24) is 29.5 Å². The highest BCUT2D eigenvalue weighted by Crippen LogP contribution is 2.44. The molecule has 2 amide bonds. The van der Waals surface area contributed by atoms with Crippen LogP contribution in [0.5, 0.6) is 0 Å². The number of ether oxygens (including phenoxy) is 1. The number of benzene rings is 2. The summed E-state index contributed by atoms with van der Waals surface area (Å²) in [5, 5.41) is 13.3. The van der Waals surface area contributed by atoms with Crippen molar-refractivity contribution in [3.63, 3.8) is 0 Å². The molecule has 1 saturated heterocycles. The third-order valence-corrected chi connectivity index (χ3v) is 12.7. The second kappa shape index (κ2) is 19.8. The summed E-state index contributed by atoms with van der Waals surface area (Å²) >= 11 is 13.6. The van der Waals surface area contributed by atoms with Crippen LogP contribution in [0.15, 0.2) is 52.7 Å². The molecule has 0 saturated carbocycles. The third-order valence-electron chi connectivity index (χ3n) is 11.8. The first-order chi connectivity index (χ1) is 28.7. The predicted octanol–water partition coefficient (Wildman–Crippen LogP) is 7.60. The van der Waals surface area contributed by atoms with Gasteiger partial charge in [0.05, 0.1) is 34.6 Å². The van der Waals surface area contributed by atoms with E-state index in [0.29, 0.717) is 61.8 Å². The number of hydrogen-bond donors (Lipinski definition) is 2. The van der Waals surface area contributed by atoms with Crippen LogP contribution < -0.4 is 15.5 Å². The number of aryl methyl sites for hydroxylation is 3. The van der Waals surface area contributed by atoms with Gasteiger partial charge >= 0.3 is 0 Å². The lowest BCUT2D eigenvalue weighted by molar-refractivity contribution is -0.119. The quantitative estimate of drug-likeness (QED) is 0.0634. The molecule has 12 nitrogen and oxygen atoms in total. The lowest BCUT2D eigenvalue weighted by atomic mass is 9.91. The number of anilines is 2. The van der Waals surface area contributed by atoms with Crippen LogP contribution in [0.2, 0.25) is 5.02 Å². The van der Waals surface area contributed by atoms with Crippen LogP contribution in [-0.2, 0) is 28.4 Å². The number of amides is 2. The highest BCUT2D eigenvalue weighted by atomic mass is 35.5. The molecule has 320 valence electrons. The molecule has 2 aromatic carbocycles. The zero-order valence-electron chi connectivity index (χ0n) is 36.1. The number of piperazine rings is 1. The van der Waals surface area contributed by atoms with Gasteiger partial charge in [-0.05, 0) is 89.4 Å². The predicted molar refractivity (Wildman–Crippen MR) is 245 cm³/mol. The molecule has 6 rings (SSSR count). The molecule has 2 N–H and O–H groups in total. The highest BCUT2D eigenvalue weighted by Gasteiger charge is 2.25. The lowest BCUT2D eigenvalue weighted by Crippen LogP contribution is -2.48. The maximum Gasteiger partial charge on any atom is 0.240 e. The Morgan fingerprint density at radius 2 is 1.75 bits per heavy atom. The van der Waals surface area contributed by atoms with Crippen molar-refractivity contribution in [2.75, 3.05) is 76.7 Å². The van der Waals surface area contributed by atoms with Crippen molar-refractivity contribution in [2.45, 2.75) is 53.1 Å². The Kier molecular flexibility index (Phi) is 14.8. The maximum atomic E-state index is 13.9. The average molecular weight is 858 g/mol. The molecule has 0 spiro atoms. The second-order valence-corrected chi connectivity index (χ2v) is 16.9. The fraction of sp³-hybridized carbons (Fsp3) is 0.435. The number of nitrogens with zero attached hydrogens (tertiary/aromatic N) is 6. The Morgan fingerprint density at radius 1 is 1.00 bits per heavy atom. The van der Waals surface area contributed by atoms with Gasteiger partial charge in [0.15, 0.2) is 6.29 Å². The van der Waals surface area contributed by atoms with Crippen molar-refractivity contribution in [3.8, 4) is 11.1 Å². The van der Waals surface area contributed by atoms with Gasteiger partial charge in [-0.15, -0.1) is 0 Å². The van der Waals surface area contributed by atoms with Gasteiger partial charge in [0.25, 0.3) is 0 Å². The lowest BCUT2D eigenvalue weighted by Gasteiger charge is -2.32. The Hall–Kier alpha value is -4.72. The standard InChI is InChI=1S/C46H58Cl2N8O4/c1-29-20-37(21-30(2)44(29)48)60-19-9-10-33(38-11-12-40(47)43(45(38)50-14-13-49-28-58)42-31(3)51-55(8)32(42)4)22-34-23-36(24-39-35(27-57)25-53(6)46(34)39)54(7)41(59)26-56-17-15-52(5)16-18-56/h11-12,20,22-25,27-28,37,50H,9-10,13-19,21,26H2,1-8H3,(H,49,58)/b33-22+. The van der Waals surface area contributed by atoms with Gasteiger partial charge in [0, 0.05) is 123 Å². The monoisotopic (exact) mass is 856 g/mol. The number of nitrogens with one attached hydrogen (secondary N) is 2. The maximum absolute atomic E-state index is 13.9. The molecule has 1 fully saturated rings. The van der Waals surface area contributed by atoms with Gasteiger partial charge in [-0.3, -0.25) is 24.0 Å². The zero-order chi connectivity index (χ0) is 43.2. The van der Waals surface area contributed by atoms with E-state index in [-0.39, 0.29) is 12.0 Å². The molecule has 2 aliphatic rings. The third kappa shape index (κ3) is 9.90. The number of likely N-dealkylation sites (N-methyl/N-ethyl adjacent to an activating group) is 2. The largest absolute Gasteiger partial charge is 0.382 e. The molecule has 60 heavy (non-hydrogen) atoms. The fourth-order valence-electron chi connectivity index (χ4n) is 8.38. The van der Waals surface area contributed by atoms with Crippen LogP contribution in [0.25, 0.3) is 33.7 Å². The Morgan fingerprint density at radius 3 is 2.42 bits per heavy atom. The van der Waals surface area contributed by atoms with Crippen molar-refractivity contribution < 1.29 is 19.1 Å². The molecule has 0 bridgehead atoms. The summed E-state index contributed by atoms with van der Waals surface area (Å²) in [4.78, 5) is 43.8. The van der Waals surface area contributed by atoms with Crippen LogP contribution >= 0.6 is 23.2 Å². The Bertz CT molecular complexity index is 2350. The number of hydrogen-bond acceptors (Lipinski definition) is 8. The highest BCUT2D eigenvalue weighted by molar-refractivity contribution is 6.34. The minimum Gasteiger partial charge on any atom is -0.382 e. The number of aldehydes is 1. The van der Waals surface area contributed by atoms with Crippen molar-refractivity contribution >= 4 is 75.7 Å². The fourth-order valence-corrected chi connectivity index (χ4v) is 8.78. The van der Waals surface area contributed by atoms with Crippen LogP contribution in [-0.4, -0.2) is 115 Å². The van der Waals surface area contributed by atoms with Crippen molar-refractivity contribution in [2.24, 2.45) is 14.1 Å². The van der Waals surface area contributed by atoms with Crippen LogP contribution in [0.3, 0.4) is 0 Å². The molecule has 0 radical (unpaired) electrons. The van der Waals surface area contributed by atoms with E-state index in [1.54, 1.807) is 11.9 Å². The number of rotatable bonds is 17. The first-order valence-corrected chi connectivity index (χ1v) is 21.3. The average Bonchev–Trinajstić information content (AvgIpc) is 3.68. The van der Waals surface area contributed by atoms with Gasteiger partial charge in [0.1, 0.15) is 0 Å². The van der Waals surface area contributed by atoms with E-state index < -0.39 is 0 Å². The Balaban J connectivity index is 1.48. The molecule has 1 unspecified atom stereocenters. The van der Waals surface area contributed by atoms with Gasteiger partial charge in [-0.25, -0.2) is 0 Å². The summed E-state index contributed by atoms with van der Waals surface area (Å²) < 4.78 is 10.3. The molecule has 14 heteroatoms. The summed E-state index contributed by atoms with van der Waals surface area (Å²) in [5.74, 6) is -0.0202. The summed E-state index contributed by atoms with van der Waals surface area (Å²) in [7, 11) is 7.76. The normalized spacial score (nSPS) is 16.7. The first kappa shape index (κ1) is 44.8. The number of allylic oxidation sites excluding steroid dienone is 3. The molecule has 1 atom stereocenters. The molecule has 1 aliphatic carbocycles. The minimum absolute atomic E-state index is 0.0202. The molecule has 3 heterocycles. The van der Waals surface area contributed by atoms with Gasteiger partial charge in [0.2, 0.25) is 12.3 Å². The number of fused-ring (bicyclic) bond motifs is 1. The topological polar surface area (TPSA) is 117 Å². The number of carbonyl (C=O) groups excluding carboxylic acids is 3. The van der Waals surface area contributed by atoms with Crippen LogP contribution in [0.4, 0.5) is 11.4 Å². The summed E-state index contributed by atoms with van der Waals surface area (Å²) in [5.41, 5.74) is 11.4. The summed E-state index contributed by atoms with van der Waals surface area (Å²) in [6.07, 6.45) is 9.64. The molecule has 1 aliphatic heterocycles. The number of aromatic nitrogens is 3. The van der Waals surface area contributed by atoms with E-state index in [1.807, 2.05) is 81.5 Å². The summed E-state index contributed by atoms with van der Waals surface area (Å²) in [6, 6.07) is 7.94. The minimum atomic E-state index is -0.0681. The van der Waals surface area contributed by atoms with Crippen molar-refractivity contribution in [1.29, 1.82) is 0 Å².